The van der Waals surface area contributed by atoms with Crippen molar-refractivity contribution >= 4 is 23.2 Å². The van der Waals surface area contributed by atoms with Gasteiger partial charge in [0.05, 0.1) is 11.4 Å². The lowest BCUT2D eigenvalue weighted by Crippen LogP contribution is -2.20. The number of aromatic nitrogens is 2. The Morgan fingerprint density at radius 1 is 1.30 bits per heavy atom. The second kappa shape index (κ2) is 6.61. The van der Waals surface area contributed by atoms with Crippen LogP contribution in [0.5, 0.6) is 0 Å². The molecule has 3 nitrogen and oxygen atoms in total. The van der Waals surface area contributed by atoms with E-state index < -0.39 is 0 Å². The molecule has 1 unspecified atom stereocenters. The molecule has 0 radical (unpaired) electrons. The van der Waals surface area contributed by atoms with Gasteiger partial charge in [0.2, 0.25) is 0 Å². The van der Waals surface area contributed by atoms with Crippen molar-refractivity contribution in [1.82, 2.24) is 15.1 Å². The SMILES string of the molecule is CCc1cc(CNC(C)c2ccc(Cl)cc2Cl)n(C)n1. The molecule has 1 N–H and O–H groups in total. The Balaban J connectivity index is 2.04. The summed E-state index contributed by atoms with van der Waals surface area (Å²) in [7, 11) is 1.97. The normalized spacial score (nSPS) is 12.7. The van der Waals surface area contributed by atoms with E-state index in [9.17, 15) is 0 Å². The van der Waals surface area contributed by atoms with E-state index in [4.69, 9.17) is 23.2 Å². The highest BCUT2D eigenvalue weighted by Gasteiger charge is 2.11. The van der Waals surface area contributed by atoms with Crippen LogP contribution in [0.25, 0.3) is 0 Å². The predicted octanol–water partition coefficient (Wildman–Crippen LogP) is 4.14. The van der Waals surface area contributed by atoms with Crippen molar-refractivity contribution in [2.24, 2.45) is 7.05 Å². The summed E-state index contributed by atoms with van der Waals surface area (Å²) >= 11 is 12.1. The van der Waals surface area contributed by atoms with Crippen molar-refractivity contribution in [3.8, 4) is 0 Å². The Morgan fingerprint density at radius 2 is 2.05 bits per heavy atom. The van der Waals surface area contributed by atoms with Gasteiger partial charge in [-0.05, 0) is 37.1 Å². The molecule has 108 valence electrons. The van der Waals surface area contributed by atoms with E-state index in [1.807, 2.05) is 23.9 Å². The second-order valence-corrected chi connectivity index (χ2v) is 5.72. The van der Waals surface area contributed by atoms with Crippen molar-refractivity contribution in [2.75, 3.05) is 0 Å². The van der Waals surface area contributed by atoms with Gasteiger partial charge in [0.25, 0.3) is 0 Å². The van der Waals surface area contributed by atoms with E-state index >= 15 is 0 Å². The highest BCUT2D eigenvalue weighted by Crippen LogP contribution is 2.26. The fraction of sp³-hybridized carbons (Fsp3) is 0.400. The van der Waals surface area contributed by atoms with Crippen molar-refractivity contribution < 1.29 is 0 Å². The van der Waals surface area contributed by atoms with E-state index in [-0.39, 0.29) is 6.04 Å². The standard InChI is InChI=1S/C15H19Cl2N3/c1-4-12-8-13(20(3)19-12)9-18-10(2)14-6-5-11(16)7-15(14)17/h5-8,10,18H,4,9H2,1-3H3. The predicted molar refractivity (Wildman–Crippen MR) is 84.3 cm³/mol. The van der Waals surface area contributed by atoms with E-state index in [0.29, 0.717) is 10.0 Å². The lowest BCUT2D eigenvalue weighted by molar-refractivity contribution is 0.548. The topological polar surface area (TPSA) is 29.9 Å². The summed E-state index contributed by atoms with van der Waals surface area (Å²) in [5, 5.41) is 9.26. The first-order valence-electron chi connectivity index (χ1n) is 6.71. The maximum atomic E-state index is 6.22. The summed E-state index contributed by atoms with van der Waals surface area (Å²) in [6, 6.07) is 7.88. The summed E-state index contributed by atoms with van der Waals surface area (Å²) in [5.41, 5.74) is 3.33. The molecule has 2 rings (SSSR count). The fourth-order valence-corrected chi connectivity index (χ4v) is 2.70. The van der Waals surface area contributed by atoms with Gasteiger partial charge >= 0.3 is 0 Å². The summed E-state index contributed by atoms with van der Waals surface area (Å²) < 4.78 is 1.92. The van der Waals surface area contributed by atoms with Crippen LogP contribution in [-0.2, 0) is 20.0 Å². The van der Waals surface area contributed by atoms with Crippen LogP contribution < -0.4 is 5.32 Å². The molecule has 0 aliphatic rings. The molecule has 0 bridgehead atoms. The monoisotopic (exact) mass is 311 g/mol. The van der Waals surface area contributed by atoms with Crippen LogP contribution >= 0.6 is 23.2 Å². The van der Waals surface area contributed by atoms with Gasteiger partial charge in [-0.1, -0.05) is 36.2 Å². The van der Waals surface area contributed by atoms with Gasteiger partial charge in [-0.15, -0.1) is 0 Å². The van der Waals surface area contributed by atoms with Crippen LogP contribution in [0.1, 0.15) is 36.8 Å². The highest BCUT2D eigenvalue weighted by molar-refractivity contribution is 6.35. The van der Waals surface area contributed by atoms with E-state index in [2.05, 4.69) is 30.3 Å². The van der Waals surface area contributed by atoms with Crippen LogP contribution in [0.3, 0.4) is 0 Å². The van der Waals surface area contributed by atoms with Crippen molar-refractivity contribution in [3.05, 3.63) is 51.3 Å². The average molecular weight is 312 g/mol. The molecule has 5 heteroatoms. The molecule has 0 amide bonds. The molecule has 0 spiro atoms. The van der Waals surface area contributed by atoms with Crippen LogP contribution in [0.2, 0.25) is 10.0 Å². The van der Waals surface area contributed by atoms with Gasteiger partial charge in [-0.25, -0.2) is 0 Å². The van der Waals surface area contributed by atoms with Gasteiger partial charge in [-0.3, -0.25) is 4.68 Å². The Bertz CT molecular complexity index is 593. The van der Waals surface area contributed by atoms with Gasteiger partial charge in [0, 0.05) is 29.7 Å². The Labute approximate surface area is 129 Å². The van der Waals surface area contributed by atoms with Crippen LogP contribution in [0.4, 0.5) is 0 Å². The quantitative estimate of drug-likeness (QED) is 0.899. The smallest absolute Gasteiger partial charge is 0.0625 e. The average Bonchev–Trinajstić information content (AvgIpc) is 2.76. The van der Waals surface area contributed by atoms with E-state index in [1.165, 1.54) is 5.69 Å². The molecule has 1 aromatic heterocycles. The van der Waals surface area contributed by atoms with Gasteiger partial charge in [0.15, 0.2) is 0 Å². The summed E-state index contributed by atoms with van der Waals surface area (Å²) in [5.74, 6) is 0. The number of nitrogens with zero attached hydrogens (tertiary/aromatic N) is 2. The van der Waals surface area contributed by atoms with E-state index in [0.717, 1.165) is 24.2 Å². The fourth-order valence-electron chi connectivity index (χ4n) is 2.13. The molecule has 1 aromatic carbocycles. The number of nitrogens with one attached hydrogen (secondary N) is 1. The summed E-state index contributed by atoms with van der Waals surface area (Å²) in [6.45, 7) is 4.95. The zero-order valence-electron chi connectivity index (χ0n) is 12.0. The molecule has 0 fully saturated rings. The summed E-state index contributed by atoms with van der Waals surface area (Å²) in [4.78, 5) is 0. The first kappa shape index (κ1) is 15.4. The van der Waals surface area contributed by atoms with Crippen LogP contribution in [0, 0.1) is 0 Å². The number of hydrogen-bond donors (Lipinski definition) is 1. The van der Waals surface area contributed by atoms with Crippen molar-refractivity contribution in [2.45, 2.75) is 32.9 Å². The maximum absolute atomic E-state index is 6.22. The van der Waals surface area contributed by atoms with Crippen LogP contribution in [-0.4, -0.2) is 9.78 Å². The molecule has 0 saturated carbocycles. The third kappa shape index (κ3) is 3.54. The molecule has 0 aliphatic carbocycles. The highest BCUT2D eigenvalue weighted by atomic mass is 35.5. The molecule has 0 aliphatic heterocycles. The molecule has 0 saturated heterocycles. The maximum Gasteiger partial charge on any atom is 0.0625 e. The first-order valence-corrected chi connectivity index (χ1v) is 7.47. The first-order chi connectivity index (χ1) is 9.51. The molecular formula is C15H19Cl2N3. The summed E-state index contributed by atoms with van der Waals surface area (Å²) in [6.07, 6.45) is 0.951. The second-order valence-electron chi connectivity index (χ2n) is 4.87. The number of hydrogen-bond acceptors (Lipinski definition) is 2. The minimum absolute atomic E-state index is 0.153. The zero-order valence-corrected chi connectivity index (χ0v) is 13.5. The third-order valence-electron chi connectivity index (χ3n) is 3.41. The van der Waals surface area contributed by atoms with Gasteiger partial charge in [0.1, 0.15) is 0 Å². The minimum atomic E-state index is 0.153. The van der Waals surface area contributed by atoms with Gasteiger partial charge in [-0.2, -0.15) is 5.10 Å². The Hall–Kier alpha value is -1.03. The lowest BCUT2D eigenvalue weighted by atomic mass is 10.1. The number of benzene rings is 1. The van der Waals surface area contributed by atoms with Gasteiger partial charge < -0.3 is 5.32 Å². The molecular weight excluding hydrogens is 293 g/mol. The number of rotatable bonds is 5. The molecule has 1 atom stereocenters. The molecule has 20 heavy (non-hydrogen) atoms. The lowest BCUT2D eigenvalue weighted by Gasteiger charge is -2.16. The number of aryl methyl sites for hydroxylation is 2. The Morgan fingerprint density at radius 3 is 2.65 bits per heavy atom. The number of halogens is 2. The molecule has 2 aromatic rings. The largest absolute Gasteiger partial charge is 0.305 e. The van der Waals surface area contributed by atoms with Crippen molar-refractivity contribution in [3.63, 3.8) is 0 Å². The van der Waals surface area contributed by atoms with Crippen LogP contribution in [0.15, 0.2) is 24.3 Å². The zero-order chi connectivity index (χ0) is 14.7. The van der Waals surface area contributed by atoms with Crippen molar-refractivity contribution in [1.29, 1.82) is 0 Å². The Kier molecular flexibility index (Phi) is 5.08. The third-order valence-corrected chi connectivity index (χ3v) is 3.97. The molecule has 1 heterocycles. The minimum Gasteiger partial charge on any atom is -0.305 e. The van der Waals surface area contributed by atoms with E-state index in [1.54, 1.807) is 6.07 Å².